The van der Waals surface area contributed by atoms with Gasteiger partial charge in [0, 0.05) is 61.0 Å². The summed E-state index contributed by atoms with van der Waals surface area (Å²) in [4.78, 5) is 34.7. The van der Waals surface area contributed by atoms with Crippen LogP contribution in [0.3, 0.4) is 0 Å². The summed E-state index contributed by atoms with van der Waals surface area (Å²) in [6.07, 6.45) is 5.84. The van der Waals surface area contributed by atoms with Gasteiger partial charge in [0.2, 0.25) is 5.95 Å². The highest BCUT2D eigenvalue weighted by molar-refractivity contribution is 5.96. The number of nitrogens with zero attached hydrogens (tertiary/aromatic N) is 4. The number of aromatic nitrogens is 2. The number of aryl methyl sites for hydroxylation is 1. The molecule has 0 aliphatic carbocycles. The maximum atomic E-state index is 13.2. The molecule has 2 saturated heterocycles. The molecular formula is C24H32N4O5. The summed E-state index contributed by atoms with van der Waals surface area (Å²) in [7, 11) is 1.61. The van der Waals surface area contributed by atoms with Gasteiger partial charge in [-0.05, 0) is 31.0 Å². The van der Waals surface area contributed by atoms with E-state index >= 15 is 0 Å². The number of carboxylic acid groups (broad SMARTS) is 1. The van der Waals surface area contributed by atoms with Gasteiger partial charge in [-0.3, -0.25) is 9.59 Å². The average Bonchev–Trinajstić information content (AvgIpc) is 3.35. The lowest BCUT2D eigenvalue weighted by Gasteiger charge is -2.27. The number of fused-ring (bicyclic) bond motifs is 1. The molecule has 1 aromatic carbocycles. The molecule has 3 heterocycles. The van der Waals surface area contributed by atoms with E-state index in [4.69, 9.17) is 14.6 Å². The van der Waals surface area contributed by atoms with Crippen molar-refractivity contribution in [3.05, 3.63) is 47.3 Å². The predicted molar refractivity (Wildman–Crippen MR) is 124 cm³/mol. The quantitative estimate of drug-likeness (QED) is 0.634. The largest absolute Gasteiger partial charge is 0.496 e. The Morgan fingerprint density at radius 1 is 1.27 bits per heavy atom. The van der Waals surface area contributed by atoms with Crippen LogP contribution >= 0.6 is 0 Å². The molecule has 2 atom stereocenters. The number of hydrogen-bond donors (Lipinski definition) is 2. The fraction of sp³-hybridized carbons (Fsp3) is 0.500. The molecule has 0 radical (unpaired) electrons. The minimum Gasteiger partial charge on any atom is -0.496 e. The molecule has 4 rings (SSSR count). The van der Waals surface area contributed by atoms with Crippen molar-refractivity contribution in [3.8, 4) is 5.75 Å². The zero-order chi connectivity index (χ0) is 24.0. The Balaban J connectivity index is 0.000000968. The number of anilines is 1. The lowest BCUT2D eigenvalue weighted by molar-refractivity contribution is -0.122. The van der Waals surface area contributed by atoms with Crippen molar-refractivity contribution in [1.82, 2.24) is 14.9 Å². The number of aliphatic hydroxyl groups excluding tert-OH is 1. The normalized spacial score (nSPS) is 21.3. The molecule has 9 nitrogen and oxygen atoms in total. The number of hydrogen-bond acceptors (Lipinski definition) is 7. The highest BCUT2D eigenvalue weighted by Crippen LogP contribution is 2.43. The van der Waals surface area contributed by atoms with E-state index in [1.54, 1.807) is 7.11 Å². The van der Waals surface area contributed by atoms with Crippen LogP contribution in [0.4, 0.5) is 5.95 Å². The van der Waals surface area contributed by atoms with Crippen LogP contribution in [0.25, 0.3) is 0 Å². The molecule has 0 bridgehead atoms. The maximum absolute atomic E-state index is 13.2. The van der Waals surface area contributed by atoms with E-state index in [0.717, 1.165) is 30.5 Å². The topological polar surface area (TPSA) is 116 Å². The molecule has 2 aromatic rings. The SMILES string of the molecule is CCCc1cnc(N2C[C@H]3CN(C(=O)c4cccc(OC)c4C)C[C@@]3(CO)C2)nc1.O=CO. The fourth-order valence-corrected chi connectivity index (χ4v) is 4.88. The van der Waals surface area contributed by atoms with Crippen LogP contribution in [-0.2, 0) is 11.2 Å². The molecule has 9 heteroatoms. The molecule has 2 N–H and O–H groups in total. The second kappa shape index (κ2) is 10.6. The number of rotatable bonds is 6. The molecule has 1 amide bonds. The fourth-order valence-electron chi connectivity index (χ4n) is 4.88. The lowest BCUT2D eigenvalue weighted by Crippen LogP contribution is -2.39. The van der Waals surface area contributed by atoms with Crippen molar-refractivity contribution >= 4 is 18.3 Å². The number of aliphatic hydroxyl groups is 1. The molecule has 1 aromatic heterocycles. The van der Waals surface area contributed by atoms with E-state index in [1.165, 1.54) is 0 Å². The summed E-state index contributed by atoms with van der Waals surface area (Å²) in [5.41, 5.74) is 2.31. The van der Waals surface area contributed by atoms with Crippen LogP contribution in [-0.4, -0.2) is 77.4 Å². The van der Waals surface area contributed by atoms with Gasteiger partial charge in [-0.1, -0.05) is 19.4 Å². The first kappa shape index (κ1) is 24.4. The van der Waals surface area contributed by atoms with Crippen LogP contribution in [0.15, 0.2) is 30.6 Å². The number of methoxy groups -OCH3 is 1. The molecule has 178 valence electrons. The molecule has 0 spiro atoms. The molecule has 2 aliphatic rings. The van der Waals surface area contributed by atoms with Crippen LogP contribution in [0.2, 0.25) is 0 Å². The van der Waals surface area contributed by atoms with Crippen molar-refractivity contribution in [2.75, 3.05) is 44.8 Å². The number of benzene rings is 1. The zero-order valence-electron chi connectivity index (χ0n) is 19.4. The van der Waals surface area contributed by atoms with Gasteiger partial charge in [-0.2, -0.15) is 0 Å². The predicted octanol–water partition coefficient (Wildman–Crippen LogP) is 2.02. The first-order valence-electron chi connectivity index (χ1n) is 11.1. The van der Waals surface area contributed by atoms with E-state index in [1.807, 2.05) is 42.4 Å². The van der Waals surface area contributed by atoms with Crippen molar-refractivity contribution < 1.29 is 24.5 Å². The lowest BCUT2D eigenvalue weighted by atomic mass is 9.82. The second-order valence-electron chi connectivity index (χ2n) is 8.66. The van der Waals surface area contributed by atoms with E-state index in [-0.39, 0.29) is 30.3 Å². The summed E-state index contributed by atoms with van der Waals surface area (Å²) < 4.78 is 5.37. The first-order valence-corrected chi connectivity index (χ1v) is 11.1. The number of likely N-dealkylation sites (tertiary alicyclic amines) is 1. The van der Waals surface area contributed by atoms with Gasteiger partial charge in [-0.25, -0.2) is 9.97 Å². The Morgan fingerprint density at radius 2 is 1.97 bits per heavy atom. The van der Waals surface area contributed by atoms with E-state index in [9.17, 15) is 9.90 Å². The second-order valence-corrected chi connectivity index (χ2v) is 8.66. The van der Waals surface area contributed by atoms with E-state index in [2.05, 4.69) is 21.8 Å². The minimum atomic E-state index is -0.339. The van der Waals surface area contributed by atoms with Crippen molar-refractivity contribution in [1.29, 1.82) is 0 Å². The number of amides is 1. The van der Waals surface area contributed by atoms with Gasteiger partial charge in [0.25, 0.3) is 12.4 Å². The van der Waals surface area contributed by atoms with E-state index < -0.39 is 0 Å². The molecule has 0 unspecified atom stereocenters. The van der Waals surface area contributed by atoms with Gasteiger partial charge >= 0.3 is 0 Å². The van der Waals surface area contributed by atoms with Crippen molar-refractivity contribution in [3.63, 3.8) is 0 Å². The Bertz CT molecular complexity index is 968. The highest BCUT2D eigenvalue weighted by atomic mass is 16.5. The Labute approximate surface area is 194 Å². The van der Waals surface area contributed by atoms with Crippen LogP contribution in [0, 0.1) is 18.3 Å². The summed E-state index contributed by atoms with van der Waals surface area (Å²) in [5, 5.41) is 17.2. The van der Waals surface area contributed by atoms with Crippen LogP contribution < -0.4 is 9.64 Å². The van der Waals surface area contributed by atoms with Crippen molar-refractivity contribution in [2.24, 2.45) is 11.3 Å². The molecule has 33 heavy (non-hydrogen) atoms. The minimum absolute atomic E-state index is 0.000318. The maximum Gasteiger partial charge on any atom is 0.290 e. The number of carbonyl (C=O) groups excluding carboxylic acids is 1. The average molecular weight is 457 g/mol. The summed E-state index contributed by atoms with van der Waals surface area (Å²) in [6, 6.07) is 5.56. The van der Waals surface area contributed by atoms with Gasteiger partial charge in [-0.15, -0.1) is 0 Å². The van der Waals surface area contributed by atoms with Crippen LogP contribution in [0.1, 0.15) is 34.8 Å². The molecular weight excluding hydrogens is 424 g/mol. The van der Waals surface area contributed by atoms with Crippen molar-refractivity contribution in [2.45, 2.75) is 26.7 Å². The van der Waals surface area contributed by atoms with Gasteiger partial charge in [0.15, 0.2) is 0 Å². The third-order valence-electron chi connectivity index (χ3n) is 6.61. The summed E-state index contributed by atoms with van der Waals surface area (Å²) >= 11 is 0. The third-order valence-corrected chi connectivity index (χ3v) is 6.61. The van der Waals surface area contributed by atoms with Gasteiger partial charge in [0.1, 0.15) is 5.75 Å². The summed E-state index contributed by atoms with van der Waals surface area (Å²) in [6.45, 7) is 6.40. The zero-order valence-corrected chi connectivity index (χ0v) is 19.4. The van der Waals surface area contributed by atoms with Gasteiger partial charge < -0.3 is 24.7 Å². The Morgan fingerprint density at radius 3 is 2.55 bits per heavy atom. The Hall–Kier alpha value is -3.20. The number of carbonyl (C=O) groups is 2. The van der Waals surface area contributed by atoms with Crippen LogP contribution in [0.5, 0.6) is 5.75 Å². The molecule has 0 saturated carbocycles. The van der Waals surface area contributed by atoms with E-state index in [0.29, 0.717) is 36.9 Å². The third kappa shape index (κ3) is 4.93. The monoisotopic (exact) mass is 456 g/mol. The molecule has 2 fully saturated rings. The summed E-state index contributed by atoms with van der Waals surface area (Å²) in [5.74, 6) is 1.61. The van der Waals surface area contributed by atoms with Gasteiger partial charge in [0.05, 0.1) is 13.7 Å². The smallest absolute Gasteiger partial charge is 0.290 e. The standard InChI is InChI=1S/C23H30N4O3.CH2O2/c1-4-6-17-9-24-22(25-10-17)27-12-18-11-26(13-23(18,14-27)15-28)21(29)19-7-5-8-20(30-3)16(19)2;2-1-3/h5,7-10,18,28H,4,6,11-15H2,1-3H3;1H,(H,2,3)/t18-,23+;/m1./s1. The highest BCUT2D eigenvalue weighted by Gasteiger charge is 2.53. The first-order chi connectivity index (χ1) is 15.9. The number of ether oxygens (including phenoxy) is 1. The Kier molecular flexibility index (Phi) is 7.86. The molecule has 2 aliphatic heterocycles.